The number of hydrogen-bond acceptors (Lipinski definition) is 4. The average Bonchev–Trinajstić information content (AvgIpc) is 2.82. The third-order valence-electron chi connectivity index (χ3n) is 3.19. The van der Waals surface area contributed by atoms with E-state index in [1.54, 1.807) is 10.7 Å². The Labute approximate surface area is 108 Å². The highest BCUT2D eigenvalue weighted by molar-refractivity contribution is 6.00. The van der Waals surface area contributed by atoms with Crippen LogP contribution < -0.4 is 5.32 Å². The van der Waals surface area contributed by atoms with Crippen molar-refractivity contribution < 1.29 is 4.79 Å². The maximum atomic E-state index is 11.9. The molecule has 1 aliphatic rings. The van der Waals surface area contributed by atoms with Gasteiger partial charge in [-0.1, -0.05) is 18.2 Å². The lowest BCUT2D eigenvalue weighted by Crippen LogP contribution is -2.12. The molecule has 3 aromatic rings. The van der Waals surface area contributed by atoms with Gasteiger partial charge in [-0.25, -0.2) is 4.98 Å². The van der Waals surface area contributed by atoms with Gasteiger partial charge in [-0.2, -0.15) is 14.6 Å². The SMILES string of the molecule is O=C1Cc2cnc3ncnn3c2-c2ccccc2N1. The van der Waals surface area contributed by atoms with E-state index in [0.717, 1.165) is 22.5 Å². The highest BCUT2D eigenvalue weighted by atomic mass is 16.1. The minimum atomic E-state index is -0.0486. The van der Waals surface area contributed by atoms with Crippen molar-refractivity contribution in [3.63, 3.8) is 0 Å². The minimum absolute atomic E-state index is 0.0486. The fourth-order valence-corrected chi connectivity index (χ4v) is 2.40. The topological polar surface area (TPSA) is 72.2 Å². The molecule has 0 spiro atoms. The van der Waals surface area contributed by atoms with E-state index >= 15 is 0 Å². The molecule has 1 aliphatic heterocycles. The van der Waals surface area contributed by atoms with Gasteiger partial charge < -0.3 is 5.32 Å². The summed E-state index contributed by atoms with van der Waals surface area (Å²) in [5.41, 5.74) is 3.44. The Kier molecular flexibility index (Phi) is 1.94. The summed E-state index contributed by atoms with van der Waals surface area (Å²) in [5, 5.41) is 7.10. The molecule has 1 aromatic carbocycles. The van der Waals surface area contributed by atoms with Crippen molar-refractivity contribution in [2.75, 3.05) is 5.32 Å². The second kappa shape index (κ2) is 3.61. The second-order valence-corrected chi connectivity index (χ2v) is 4.37. The third kappa shape index (κ3) is 1.43. The fourth-order valence-electron chi connectivity index (χ4n) is 2.40. The Bertz CT molecular complexity index is 808. The summed E-state index contributed by atoms with van der Waals surface area (Å²) in [4.78, 5) is 20.2. The molecule has 0 bridgehead atoms. The van der Waals surface area contributed by atoms with Gasteiger partial charge in [0.15, 0.2) is 0 Å². The molecular formula is C13H9N5O. The largest absolute Gasteiger partial charge is 0.325 e. The molecule has 1 N–H and O–H groups in total. The van der Waals surface area contributed by atoms with Crippen molar-refractivity contribution >= 4 is 17.4 Å². The maximum Gasteiger partial charge on any atom is 0.252 e. The molecular weight excluding hydrogens is 242 g/mol. The van der Waals surface area contributed by atoms with Gasteiger partial charge in [0, 0.05) is 17.3 Å². The molecule has 1 amide bonds. The Morgan fingerprint density at radius 2 is 2.11 bits per heavy atom. The summed E-state index contributed by atoms with van der Waals surface area (Å²) in [7, 11) is 0. The van der Waals surface area contributed by atoms with Crippen LogP contribution in [0.3, 0.4) is 0 Å². The number of nitrogens with zero attached hydrogens (tertiary/aromatic N) is 4. The van der Waals surface area contributed by atoms with E-state index in [0.29, 0.717) is 5.78 Å². The number of anilines is 1. The number of amides is 1. The van der Waals surface area contributed by atoms with Crippen molar-refractivity contribution in [2.45, 2.75) is 6.42 Å². The molecule has 0 radical (unpaired) electrons. The highest BCUT2D eigenvalue weighted by Gasteiger charge is 2.21. The number of hydrogen-bond donors (Lipinski definition) is 1. The standard InChI is InChI=1S/C13H9N5O/c19-11-5-8-6-14-13-15-7-16-18(13)12(8)9-3-1-2-4-10(9)17-11/h1-4,6-7H,5H2,(H,17,19). The molecule has 0 aliphatic carbocycles. The van der Waals surface area contributed by atoms with Crippen LogP contribution in [-0.4, -0.2) is 25.5 Å². The summed E-state index contributed by atoms with van der Waals surface area (Å²) < 4.78 is 1.68. The van der Waals surface area contributed by atoms with Crippen LogP contribution in [0.25, 0.3) is 17.0 Å². The molecule has 6 nitrogen and oxygen atoms in total. The van der Waals surface area contributed by atoms with Gasteiger partial charge in [0.05, 0.1) is 17.8 Å². The number of benzene rings is 1. The smallest absolute Gasteiger partial charge is 0.252 e. The predicted octanol–water partition coefficient (Wildman–Crippen LogP) is 1.29. The molecule has 0 saturated carbocycles. The van der Waals surface area contributed by atoms with E-state index in [4.69, 9.17) is 0 Å². The first-order valence-corrected chi connectivity index (χ1v) is 5.90. The van der Waals surface area contributed by atoms with Gasteiger partial charge in [-0.15, -0.1) is 0 Å². The molecule has 0 saturated heterocycles. The van der Waals surface area contributed by atoms with Crippen molar-refractivity contribution in [1.29, 1.82) is 0 Å². The highest BCUT2D eigenvalue weighted by Crippen LogP contribution is 2.32. The summed E-state index contributed by atoms with van der Waals surface area (Å²) in [5.74, 6) is 0.482. The monoisotopic (exact) mass is 251 g/mol. The van der Waals surface area contributed by atoms with Crippen LogP contribution in [0.4, 0.5) is 5.69 Å². The van der Waals surface area contributed by atoms with Crippen LogP contribution in [0.5, 0.6) is 0 Å². The lowest BCUT2D eigenvalue weighted by molar-refractivity contribution is -0.115. The Morgan fingerprint density at radius 1 is 1.21 bits per heavy atom. The Hall–Kier alpha value is -2.76. The lowest BCUT2D eigenvalue weighted by atomic mass is 10.1. The van der Waals surface area contributed by atoms with Crippen molar-refractivity contribution in [3.05, 3.63) is 42.4 Å². The first kappa shape index (κ1) is 10.2. The van der Waals surface area contributed by atoms with Crippen LogP contribution in [0.15, 0.2) is 36.8 Å². The molecule has 0 atom stereocenters. The van der Waals surface area contributed by atoms with E-state index in [2.05, 4.69) is 20.4 Å². The molecule has 4 rings (SSSR count). The van der Waals surface area contributed by atoms with Gasteiger partial charge in [-0.05, 0) is 6.07 Å². The number of carbonyl (C=O) groups is 1. The molecule has 2 aromatic heterocycles. The Balaban J connectivity index is 2.16. The van der Waals surface area contributed by atoms with Crippen LogP contribution in [0.1, 0.15) is 5.56 Å². The van der Waals surface area contributed by atoms with E-state index in [1.807, 2.05) is 24.3 Å². The first-order chi connectivity index (χ1) is 9.33. The Morgan fingerprint density at radius 3 is 3.05 bits per heavy atom. The minimum Gasteiger partial charge on any atom is -0.325 e. The van der Waals surface area contributed by atoms with Crippen molar-refractivity contribution in [1.82, 2.24) is 19.6 Å². The quantitative estimate of drug-likeness (QED) is 0.653. The van der Waals surface area contributed by atoms with Crippen molar-refractivity contribution in [3.8, 4) is 11.3 Å². The summed E-state index contributed by atoms with van der Waals surface area (Å²) in [6.07, 6.45) is 3.44. The predicted molar refractivity (Wildman–Crippen MR) is 68.6 cm³/mol. The van der Waals surface area contributed by atoms with Crippen LogP contribution >= 0.6 is 0 Å². The maximum absolute atomic E-state index is 11.9. The van der Waals surface area contributed by atoms with E-state index in [1.165, 1.54) is 6.33 Å². The zero-order chi connectivity index (χ0) is 12.8. The van der Waals surface area contributed by atoms with E-state index in [9.17, 15) is 4.79 Å². The number of carbonyl (C=O) groups excluding carboxylic acids is 1. The molecule has 3 heterocycles. The van der Waals surface area contributed by atoms with Gasteiger partial charge in [0.2, 0.25) is 5.91 Å². The van der Waals surface area contributed by atoms with Gasteiger partial charge in [0.25, 0.3) is 5.78 Å². The van der Waals surface area contributed by atoms with Gasteiger partial charge >= 0.3 is 0 Å². The second-order valence-electron chi connectivity index (χ2n) is 4.37. The van der Waals surface area contributed by atoms with Crippen molar-refractivity contribution in [2.24, 2.45) is 0 Å². The molecule has 0 unspecified atom stereocenters. The third-order valence-corrected chi connectivity index (χ3v) is 3.19. The summed E-state index contributed by atoms with van der Waals surface area (Å²) in [6.45, 7) is 0. The number of rotatable bonds is 0. The number of aromatic nitrogens is 4. The number of fused-ring (bicyclic) bond motifs is 5. The average molecular weight is 251 g/mol. The molecule has 19 heavy (non-hydrogen) atoms. The normalized spacial score (nSPS) is 13.6. The zero-order valence-corrected chi connectivity index (χ0v) is 9.87. The first-order valence-electron chi connectivity index (χ1n) is 5.90. The van der Waals surface area contributed by atoms with Gasteiger partial charge in [0.1, 0.15) is 6.33 Å². The number of nitrogens with one attached hydrogen (secondary N) is 1. The molecule has 92 valence electrons. The zero-order valence-electron chi connectivity index (χ0n) is 9.87. The number of para-hydroxylation sites is 1. The van der Waals surface area contributed by atoms with E-state index < -0.39 is 0 Å². The van der Waals surface area contributed by atoms with Crippen LogP contribution in [-0.2, 0) is 11.2 Å². The van der Waals surface area contributed by atoms with Gasteiger partial charge in [-0.3, -0.25) is 4.79 Å². The summed E-state index contributed by atoms with van der Waals surface area (Å²) in [6, 6.07) is 7.67. The lowest BCUT2D eigenvalue weighted by Gasteiger charge is -2.09. The van der Waals surface area contributed by atoms with Crippen LogP contribution in [0.2, 0.25) is 0 Å². The fraction of sp³-hybridized carbons (Fsp3) is 0.0769. The molecule has 6 heteroatoms. The van der Waals surface area contributed by atoms with E-state index in [-0.39, 0.29) is 12.3 Å². The molecule has 0 fully saturated rings. The summed E-state index contributed by atoms with van der Waals surface area (Å²) >= 11 is 0. The van der Waals surface area contributed by atoms with Crippen LogP contribution in [0, 0.1) is 0 Å².